The van der Waals surface area contributed by atoms with Crippen molar-refractivity contribution >= 4 is 44.1 Å². The first-order chi connectivity index (χ1) is 9.65. The summed E-state index contributed by atoms with van der Waals surface area (Å²) in [6, 6.07) is 3.89. The first-order valence-corrected chi connectivity index (χ1v) is 8.56. The number of nitrogens with one attached hydrogen (secondary N) is 1. The van der Waals surface area contributed by atoms with Gasteiger partial charge in [-0.25, -0.2) is 4.98 Å². The monoisotopic (exact) mass is 413 g/mol. The largest absolute Gasteiger partial charge is 0.341 e. The fourth-order valence-corrected chi connectivity index (χ4v) is 3.56. The standard InChI is InChI=1S/C14H13Br2N3S/c15-9-5-6-10(17-7-9)13-18-12(8-3-1-2-4-8)11(16)14(20)19-13/h5-8H,1-4H2,(H,18,19,20). The summed E-state index contributed by atoms with van der Waals surface area (Å²) in [5.41, 5.74) is 1.98. The molecule has 6 heteroatoms. The maximum absolute atomic E-state index is 5.37. The van der Waals surface area contributed by atoms with E-state index in [9.17, 15) is 0 Å². The molecule has 0 aromatic carbocycles. The first kappa shape index (κ1) is 14.4. The Morgan fingerprint density at radius 1 is 1.20 bits per heavy atom. The average molecular weight is 415 g/mol. The minimum Gasteiger partial charge on any atom is -0.341 e. The van der Waals surface area contributed by atoms with E-state index in [0.717, 1.165) is 20.5 Å². The van der Waals surface area contributed by atoms with Gasteiger partial charge in [-0.2, -0.15) is 0 Å². The van der Waals surface area contributed by atoms with Crippen molar-refractivity contribution in [3.8, 4) is 11.5 Å². The van der Waals surface area contributed by atoms with E-state index in [1.807, 2.05) is 12.1 Å². The quantitative estimate of drug-likeness (QED) is 0.670. The third kappa shape index (κ3) is 2.87. The van der Waals surface area contributed by atoms with Crippen LogP contribution in [0.4, 0.5) is 0 Å². The Morgan fingerprint density at radius 2 is 1.95 bits per heavy atom. The van der Waals surface area contributed by atoms with Crippen LogP contribution in [0.25, 0.3) is 11.5 Å². The Bertz CT molecular complexity index is 676. The third-order valence-corrected chi connectivity index (χ3v) is 5.45. The molecule has 1 aliphatic rings. The summed E-state index contributed by atoms with van der Waals surface area (Å²) in [6.07, 6.45) is 6.76. The van der Waals surface area contributed by atoms with E-state index >= 15 is 0 Å². The number of aromatic nitrogens is 3. The van der Waals surface area contributed by atoms with Crippen LogP contribution in [0.3, 0.4) is 0 Å². The van der Waals surface area contributed by atoms with Gasteiger partial charge in [-0.1, -0.05) is 25.1 Å². The van der Waals surface area contributed by atoms with Crippen molar-refractivity contribution in [3.05, 3.63) is 37.6 Å². The minimum atomic E-state index is 0.545. The summed E-state index contributed by atoms with van der Waals surface area (Å²) in [4.78, 5) is 12.3. The Balaban J connectivity index is 2.08. The molecule has 1 fully saturated rings. The van der Waals surface area contributed by atoms with Crippen LogP contribution in [-0.4, -0.2) is 15.0 Å². The lowest BCUT2D eigenvalue weighted by Crippen LogP contribution is -2.03. The number of nitrogens with zero attached hydrogens (tertiary/aromatic N) is 2. The van der Waals surface area contributed by atoms with E-state index in [1.165, 1.54) is 31.4 Å². The Kier molecular flexibility index (Phi) is 4.33. The maximum Gasteiger partial charge on any atom is 0.157 e. The number of halogens is 2. The summed E-state index contributed by atoms with van der Waals surface area (Å²) < 4.78 is 2.48. The molecule has 0 atom stereocenters. The molecule has 104 valence electrons. The van der Waals surface area contributed by atoms with Crippen molar-refractivity contribution in [2.75, 3.05) is 0 Å². The molecule has 0 radical (unpaired) electrons. The summed E-state index contributed by atoms with van der Waals surface area (Å²) >= 11 is 12.3. The van der Waals surface area contributed by atoms with Gasteiger partial charge in [-0.05, 0) is 56.8 Å². The number of hydrogen-bond donors (Lipinski definition) is 1. The number of H-pyrrole nitrogens is 1. The second kappa shape index (κ2) is 6.03. The van der Waals surface area contributed by atoms with Crippen LogP contribution in [-0.2, 0) is 0 Å². The van der Waals surface area contributed by atoms with Gasteiger partial charge >= 0.3 is 0 Å². The normalized spacial score (nSPS) is 15.7. The second-order valence-electron chi connectivity index (χ2n) is 4.96. The van der Waals surface area contributed by atoms with E-state index in [4.69, 9.17) is 12.2 Å². The number of rotatable bonds is 2. The van der Waals surface area contributed by atoms with Gasteiger partial charge in [0.25, 0.3) is 0 Å². The molecule has 0 amide bonds. The molecular formula is C14H13Br2N3S. The molecule has 0 bridgehead atoms. The van der Waals surface area contributed by atoms with E-state index < -0.39 is 0 Å². The van der Waals surface area contributed by atoms with Crippen molar-refractivity contribution in [2.24, 2.45) is 0 Å². The van der Waals surface area contributed by atoms with Crippen LogP contribution in [0.5, 0.6) is 0 Å². The molecule has 2 aromatic heterocycles. The molecular weight excluding hydrogens is 402 g/mol. The van der Waals surface area contributed by atoms with E-state index in [0.29, 0.717) is 10.6 Å². The van der Waals surface area contributed by atoms with Crippen molar-refractivity contribution in [1.29, 1.82) is 0 Å². The summed E-state index contributed by atoms with van der Waals surface area (Å²) in [6.45, 7) is 0. The molecule has 0 saturated heterocycles. The molecule has 1 aliphatic carbocycles. The topological polar surface area (TPSA) is 41.6 Å². The molecule has 1 saturated carbocycles. The van der Waals surface area contributed by atoms with Gasteiger partial charge < -0.3 is 4.98 Å². The zero-order chi connectivity index (χ0) is 14.1. The average Bonchev–Trinajstić information content (AvgIpc) is 2.96. The fraction of sp³-hybridized carbons (Fsp3) is 0.357. The van der Waals surface area contributed by atoms with Crippen molar-refractivity contribution in [3.63, 3.8) is 0 Å². The molecule has 0 spiro atoms. The molecule has 0 aliphatic heterocycles. The highest BCUT2D eigenvalue weighted by molar-refractivity contribution is 9.10. The molecule has 1 N–H and O–H groups in total. The Morgan fingerprint density at radius 3 is 2.60 bits per heavy atom. The molecule has 0 unspecified atom stereocenters. The minimum absolute atomic E-state index is 0.545. The first-order valence-electron chi connectivity index (χ1n) is 6.57. The predicted octanol–water partition coefficient (Wildman–Crippen LogP) is 5.38. The van der Waals surface area contributed by atoms with Crippen LogP contribution in [0, 0.1) is 4.64 Å². The number of aromatic amines is 1. The molecule has 2 heterocycles. The maximum atomic E-state index is 5.37. The van der Waals surface area contributed by atoms with Gasteiger partial charge in [0.15, 0.2) is 5.82 Å². The summed E-state index contributed by atoms with van der Waals surface area (Å²) in [5, 5.41) is 0. The van der Waals surface area contributed by atoms with Gasteiger partial charge in [-0.15, -0.1) is 0 Å². The highest BCUT2D eigenvalue weighted by Crippen LogP contribution is 2.37. The van der Waals surface area contributed by atoms with E-state index in [1.54, 1.807) is 6.20 Å². The molecule has 3 nitrogen and oxygen atoms in total. The predicted molar refractivity (Wildman–Crippen MR) is 89.3 cm³/mol. The zero-order valence-corrected chi connectivity index (χ0v) is 14.7. The van der Waals surface area contributed by atoms with Gasteiger partial charge in [0, 0.05) is 22.3 Å². The molecule has 20 heavy (non-hydrogen) atoms. The van der Waals surface area contributed by atoms with Crippen molar-refractivity contribution < 1.29 is 0 Å². The SMILES string of the molecule is S=c1nc(-c2ccc(Br)cn2)[nH]c(C2CCCC2)c1Br. The lowest BCUT2D eigenvalue weighted by atomic mass is 10.0. The van der Waals surface area contributed by atoms with Gasteiger partial charge in [0.2, 0.25) is 0 Å². The number of pyridine rings is 1. The third-order valence-electron chi connectivity index (χ3n) is 3.62. The van der Waals surface area contributed by atoms with Crippen molar-refractivity contribution in [2.45, 2.75) is 31.6 Å². The molecule has 3 rings (SSSR count). The Labute approximate surface area is 139 Å². The zero-order valence-electron chi connectivity index (χ0n) is 10.7. The Hall–Kier alpha value is -0.590. The van der Waals surface area contributed by atoms with Crippen LogP contribution < -0.4 is 0 Å². The van der Waals surface area contributed by atoms with Crippen LogP contribution in [0.1, 0.15) is 37.3 Å². The summed E-state index contributed by atoms with van der Waals surface area (Å²) in [5.74, 6) is 1.29. The second-order valence-corrected chi connectivity index (χ2v) is 7.06. The lowest BCUT2D eigenvalue weighted by Gasteiger charge is -2.13. The van der Waals surface area contributed by atoms with Gasteiger partial charge in [0.1, 0.15) is 10.3 Å². The highest BCUT2D eigenvalue weighted by atomic mass is 79.9. The fourth-order valence-electron chi connectivity index (χ4n) is 2.61. The smallest absolute Gasteiger partial charge is 0.157 e. The van der Waals surface area contributed by atoms with Crippen LogP contribution in [0.2, 0.25) is 0 Å². The van der Waals surface area contributed by atoms with E-state index in [-0.39, 0.29) is 0 Å². The van der Waals surface area contributed by atoms with Crippen LogP contribution >= 0.6 is 44.1 Å². The highest BCUT2D eigenvalue weighted by Gasteiger charge is 2.22. The number of hydrogen-bond acceptors (Lipinski definition) is 3. The van der Waals surface area contributed by atoms with Crippen LogP contribution in [0.15, 0.2) is 27.3 Å². The lowest BCUT2D eigenvalue weighted by molar-refractivity contribution is 0.689. The van der Waals surface area contributed by atoms with E-state index in [2.05, 4.69) is 46.8 Å². The van der Waals surface area contributed by atoms with Crippen molar-refractivity contribution in [1.82, 2.24) is 15.0 Å². The summed E-state index contributed by atoms with van der Waals surface area (Å²) in [7, 11) is 0. The van der Waals surface area contributed by atoms with Gasteiger partial charge in [-0.3, -0.25) is 4.98 Å². The molecule has 2 aromatic rings. The van der Waals surface area contributed by atoms with Gasteiger partial charge in [0.05, 0.1) is 4.47 Å².